The third-order valence-electron chi connectivity index (χ3n) is 1.87. The van der Waals surface area contributed by atoms with Gasteiger partial charge in [0.1, 0.15) is 0 Å². The first kappa shape index (κ1) is 11.6. The maximum atomic E-state index is 10.5. The lowest BCUT2D eigenvalue weighted by Gasteiger charge is -2.04. The van der Waals surface area contributed by atoms with Crippen molar-refractivity contribution in [3.8, 4) is 0 Å². The minimum atomic E-state index is -1.02. The van der Waals surface area contributed by atoms with Crippen molar-refractivity contribution in [2.24, 2.45) is 0 Å². The number of aliphatic carboxylic acids is 1. The molecule has 0 aliphatic rings. The molecule has 1 rings (SSSR count). The Kier molecular flexibility index (Phi) is 3.41. The van der Waals surface area contributed by atoms with Crippen LogP contribution in [0.15, 0.2) is 16.6 Å². The molecular formula is C9H8BrNO4. The molecule has 0 aliphatic heterocycles. The fourth-order valence-electron chi connectivity index (χ4n) is 1.22. The molecule has 0 saturated heterocycles. The predicted molar refractivity (Wildman–Crippen MR) is 56.9 cm³/mol. The zero-order valence-corrected chi connectivity index (χ0v) is 9.44. The number of hydrogen-bond acceptors (Lipinski definition) is 3. The van der Waals surface area contributed by atoms with Crippen molar-refractivity contribution in [3.63, 3.8) is 0 Å². The number of halogens is 1. The van der Waals surface area contributed by atoms with Crippen LogP contribution in [-0.2, 0) is 11.2 Å². The Labute approximate surface area is 94.0 Å². The molecule has 1 aromatic carbocycles. The molecule has 0 fully saturated rings. The fraction of sp³-hybridized carbons (Fsp3) is 0.222. The molecule has 0 bridgehead atoms. The summed E-state index contributed by atoms with van der Waals surface area (Å²) in [6.45, 7) is 1.68. The number of nitrogens with zero attached hydrogens (tertiary/aromatic N) is 1. The quantitative estimate of drug-likeness (QED) is 0.677. The highest BCUT2D eigenvalue weighted by atomic mass is 79.9. The number of rotatable bonds is 3. The van der Waals surface area contributed by atoms with Gasteiger partial charge in [-0.1, -0.05) is 15.9 Å². The van der Waals surface area contributed by atoms with Gasteiger partial charge in [0.15, 0.2) is 0 Å². The highest BCUT2D eigenvalue weighted by Crippen LogP contribution is 2.27. The van der Waals surface area contributed by atoms with E-state index in [0.29, 0.717) is 15.6 Å². The van der Waals surface area contributed by atoms with Crippen LogP contribution in [0.5, 0.6) is 0 Å². The van der Waals surface area contributed by atoms with Crippen LogP contribution >= 0.6 is 15.9 Å². The van der Waals surface area contributed by atoms with E-state index in [0.717, 1.165) is 0 Å². The Hall–Kier alpha value is -1.43. The molecule has 0 saturated carbocycles. The number of carboxylic acid groups (broad SMARTS) is 1. The van der Waals surface area contributed by atoms with E-state index in [4.69, 9.17) is 5.11 Å². The molecule has 0 heterocycles. The minimum absolute atomic E-state index is 0.0908. The van der Waals surface area contributed by atoms with Gasteiger partial charge in [-0.3, -0.25) is 14.9 Å². The Morgan fingerprint density at radius 2 is 2.20 bits per heavy atom. The zero-order valence-electron chi connectivity index (χ0n) is 7.86. The molecule has 15 heavy (non-hydrogen) atoms. The molecule has 6 heteroatoms. The summed E-state index contributed by atoms with van der Waals surface area (Å²) < 4.78 is 0.607. The van der Waals surface area contributed by atoms with Gasteiger partial charge < -0.3 is 5.11 Å². The van der Waals surface area contributed by atoms with Gasteiger partial charge >= 0.3 is 5.97 Å². The van der Waals surface area contributed by atoms with Crippen LogP contribution in [0.2, 0.25) is 0 Å². The summed E-state index contributed by atoms with van der Waals surface area (Å²) in [5, 5.41) is 19.2. The summed E-state index contributed by atoms with van der Waals surface area (Å²) >= 11 is 3.21. The van der Waals surface area contributed by atoms with E-state index in [1.165, 1.54) is 12.1 Å². The molecule has 0 unspecified atom stereocenters. The number of carbonyl (C=O) groups is 1. The number of nitro benzene ring substituents is 1. The largest absolute Gasteiger partial charge is 0.481 e. The number of carboxylic acids is 1. The molecule has 0 atom stereocenters. The third kappa shape index (κ3) is 2.76. The van der Waals surface area contributed by atoms with Crippen molar-refractivity contribution in [1.82, 2.24) is 0 Å². The second-order valence-electron chi connectivity index (χ2n) is 3.06. The third-order valence-corrected chi connectivity index (χ3v) is 3.00. The molecular weight excluding hydrogens is 266 g/mol. The molecule has 0 aliphatic carbocycles. The van der Waals surface area contributed by atoms with Crippen LogP contribution in [0.3, 0.4) is 0 Å². The summed E-state index contributed by atoms with van der Waals surface area (Å²) in [6, 6.07) is 2.67. The maximum Gasteiger partial charge on any atom is 0.307 e. The summed E-state index contributed by atoms with van der Waals surface area (Å²) in [6.07, 6.45) is -0.233. The topological polar surface area (TPSA) is 80.4 Å². The maximum absolute atomic E-state index is 10.5. The lowest BCUT2D eigenvalue weighted by Crippen LogP contribution is -2.02. The van der Waals surface area contributed by atoms with Crippen molar-refractivity contribution in [2.45, 2.75) is 13.3 Å². The summed E-state index contributed by atoms with van der Waals surface area (Å²) in [7, 11) is 0. The SMILES string of the molecule is Cc1cc([N+](=O)[O-])cc(CC(=O)O)c1Br. The second-order valence-corrected chi connectivity index (χ2v) is 3.86. The van der Waals surface area contributed by atoms with Crippen LogP contribution in [0.1, 0.15) is 11.1 Å². The monoisotopic (exact) mass is 273 g/mol. The van der Waals surface area contributed by atoms with Crippen LogP contribution in [-0.4, -0.2) is 16.0 Å². The summed E-state index contributed by atoms with van der Waals surface area (Å²) in [4.78, 5) is 20.5. The van der Waals surface area contributed by atoms with Crippen LogP contribution in [0.4, 0.5) is 5.69 Å². The molecule has 0 spiro atoms. The Morgan fingerprint density at radius 1 is 1.60 bits per heavy atom. The van der Waals surface area contributed by atoms with E-state index in [9.17, 15) is 14.9 Å². The molecule has 0 amide bonds. The van der Waals surface area contributed by atoms with Gasteiger partial charge in [-0.15, -0.1) is 0 Å². The Balaban J connectivity index is 3.24. The second kappa shape index (κ2) is 4.39. The molecule has 1 aromatic rings. The van der Waals surface area contributed by atoms with Gasteiger partial charge in [-0.05, 0) is 18.1 Å². The Morgan fingerprint density at radius 3 is 2.67 bits per heavy atom. The standard InChI is InChI=1S/C9H8BrNO4/c1-5-2-7(11(14)15)3-6(9(5)10)4-8(12)13/h2-3H,4H2,1H3,(H,12,13). The fourth-order valence-corrected chi connectivity index (χ4v) is 1.59. The van der Waals surface area contributed by atoms with Crippen molar-refractivity contribution < 1.29 is 14.8 Å². The predicted octanol–water partition coefficient (Wildman–Crippen LogP) is 2.29. The van der Waals surface area contributed by atoms with Gasteiger partial charge in [-0.25, -0.2) is 0 Å². The van der Waals surface area contributed by atoms with Gasteiger partial charge in [0.25, 0.3) is 5.69 Å². The van der Waals surface area contributed by atoms with Gasteiger partial charge in [0, 0.05) is 16.6 Å². The smallest absolute Gasteiger partial charge is 0.307 e. The Bertz CT molecular complexity index is 430. The van der Waals surface area contributed by atoms with E-state index >= 15 is 0 Å². The first-order valence-electron chi connectivity index (χ1n) is 4.07. The normalized spacial score (nSPS) is 10.0. The number of nitro groups is 1. The molecule has 80 valence electrons. The summed E-state index contributed by atoms with van der Waals surface area (Å²) in [5.41, 5.74) is 0.974. The molecule has 0 radical (unpaired) electrons. The van der Waals surface area contributed by atoms with E-state index in [1.807, 2.05) is 0 Å². The summed E-state index contributed by atoms with van der Waals surface area (Å²) in [5.74, 6) is -1.02. The van der Waals surface area contributed by atoms with E-state index in [2.05, 4.69) is 15.9 Å². The zero-order chi connectivity index (χ0) is 11.6. The van der Waals surface area contributed by atoms with E-state index < -0.39 is 10.9 Å². The van der Waals surface area contributed by atoms with Crippen LogP contribution in [0.25, 0.3) is 0 Å². The molecule has 1 N–H and O–H groups in total. The first-order valence-corrected chi connectivity index (χ1v) is 4.86. The minimum Gasteiger partial charge on any atom is -0.481 e. The number of aryl methyl sites for hydroxylation is 1. The van der Waals surface area contributed by atoms with Crippen molar-refractivity contribution in [1.29, 1.82) is 0 Å². The average Bonchev–Trinajstić information content (AvgIpc) is 2.11. The van der Waals surface area contributed by atoms with Crippen molar-refractivity contribution >= 4 is 27.6 Å². The average molecular weight is 274 g/mol. The first-order chi connectivity index (χ1) is 6.91. The molecule has 0 aromatic heterocycles. The van der Waals surface area contributed by atoms with Crippen LogP contribution in [0, 0.1) is 17.0 Å². The van der Waals surface area contributed by atoms with Crippen LogP contribution < -0.4 is 0 Å². The van der Waals surface area contributed by atoms with E-state index in [-0.39, 0.29) is 12.1 Å². The van der Waals surface area contributed by atoms with Crippen molar-refractivity contribution in [2.75, 3.05) is 0 Å². The van der Waals surface area contributed by atoms with Gasteiger partial charge in [0.2, 0.25) is 0 Å². The number of non-ortho nitro benzene ring substituents is 1. The number of benzene rings is 1. The molecule has 5 nitrogen and oxygen atoms in total. The van der Waals surface area contributed by atoms with Gasteiger partial charge in [0.05, 0.1) is 11.3 Å². The number of hydrogen-bond donors (Lipinski definition) is 1. The highest BCUT2D eigenvalue weighted by Gasteiger charge is 2.14. The van der Waals surface area contributed by atoms with Gasteiger partial charge in [-0.2, -0.15) is 0 Å². The van der Waals surface area contributed by atoms with E-state index in [1.54, 1.807) is 6.92 Å². The highest BCUT2D eigenvalue weighted by molar-refractivity contribution is 9.10. The lowest BCUT2D eigenvalue weighted by molar-refractivity contribution is -0.385. The van der Waals surface area contributed by atoms with Crippen molar-refractivity contribution in [3.05, 3.63) is 37.8 Å². The lowest BCUT2D eigenvalue weighted by atomic mass is 10.1.